The molecule has 1 aromatic heterocycles. The molecular formula is C19H23N5O2. The smallest absolute Gasteiger partial charge is 0.321 e. The standard InChI is InChI=1S/C19H23N5O2/c1-26-16-6-3-5-15(13-16)20-19(25)24-10-8-23(9-11-24)18-12-14-4-2-7-17(14)21-22-18/h3,5-6,12-13H,2,4,7-11H2,1H3,(H,20,25). The normalized spacial score (nSPS) is 16.3. The first-order valence-electron chi connectivity index (χ1n) is 9.03. The molecule has 1 aromatic carbocycles. The quantitative estimate of drug-likeness (QED) is 0.917. The molecule has 2 heterocycles. The number of ether oxygens (including phenoxy) is 1. The number of hydrogen-bond acceptors (Lipinski definition) is 5. The van der Waals surface area contributed by atoms with Crippen LogP contribution < -0.4 is 15.0 Å². The van der Waals surface area contributed by atoms with Crippen LogP contribution in [0.1, 0.15) is 17.7 Å². The molecule has 7 heteroatoms. The average Bonchev–Trinajstić information content (AvgIpc) is 3.16. The van der Waals surface area contributed by atoms with E-state index in [0.29, 0.717) is 13.1 Å². The van der Waals surface area contributed by atoms with Crippen LogP contribution in [-0.4, -0.2) is 54.4 Å². The molecule has 0 bridgehead atoms. The maximum absolute atomic E-state index is 12.5. The van der Waals surface area contributed by atoms with Gasteiger partial charge in [0.25, 0.3) is 0 Å². The van der Waals surface area contributed by atoms with Gasteiger partial charge < -0.3 is 19.9 Å². The lowest BCUT2D eigenvalue weighted by Crippen LogP contribution is -2.50. The van der Waals surface area contributed by atoms with E-state index in [1.165, 1.54) is 12.0 Å². The molecule has 0 unspecified atom stereocenters. The molecule has 0 spiro atoms. The van der Waals surface area contributed by atoms with Gasteiger partial charge in [0, 0.05) is 37.9 Å². The molecule has 4 rings (SSSR count). The van der Waals surface area contributed by atoms with E-state index >= 15 is 0 Å². The van der Waals surface area contributed by atoms with Gasteiger partial charge in [-0.2, -0.15) is 5.10 Å². The molecule has 2 amide bonds. The highest BCUT2D eigenvalue weighted by Crippen LogP contribution is 2.23. The Kier molecular flexibility index (Phi) is 4.60. The van der Waals surface area contributed by atoms with Crippen molar-refractivity contribution in [2.45, 2.75) is 19.3 Å². The second-order valence-corrected chi connectivity index (χ2v) is 6.66. The Hall–Kier alpha value is -2.83. The summed E-state index contributed by atoms with van der Waals surface area (Å²) in [4.78, 5) is 16.5. The minimum atomic E-state index is -0.0852. The van der Waals surface area contributed by atoms with Crippen LogP contribution >= 0.6 is 0 Å². The molecule has 1 fully saturated rings. The molecule has 1 aliphatic carbocycles. The summed E-state index contributed by atoms with van der Waals surface area (Å²) in [5.74, 6) is 1.65. The van der Waals surface area contributed by atoms with Crippen molar-refractivity contribution in [3.05, 3.63) is 41.6 Å². The second-order valence-electron chi connectivity index (χ2n) is 6.66. The Bertz CT molecular complexity index is 802. The molecule has 2 aliphatic rings. The fraction of sp³-hybridized carbons (Fsp3) is 0.421. The third-order valence-corrected chi connectivity index (χ3v) is 5.02. The van der Waals surface area contributed by atoms with Crippen molar-refractivity contribution in [2.24, 2.45) is 0 Å². The van der Waals surface area contributed by atoms with Crippen molar-refractivity contribution >= 4 is 17.5 Å². The number of piperazine rings is 1. The van der Waals surface area contributed by atoms with Crippen molar-refractivity contribution in [1.29, 1.82) is 0 Å². The molecule has 136 valence electrons. The number of urea groups is 1. The van der Waals surface area contributed by atoms with Crippen LogP contribution in [0.5, 0.6) is 5.75 Å². The summed E-state index contributed by atoms with van der Waals surface area (Å²) >= 11 is 0. The van der Waals surface area contributed by atoms with E-state index in [-0.39, 0.29) is 6.03 Å². The number of rotatable bonds is 3. The number of carbonyl (C=O) groups is 1. The summed E-state index contributed by atoms with van der Waals surface area (Å²) < 4.78 is 5.19. The van der Waals surface area contributed by atoms with Crippen LogP contribution in [0, 0.1) is 0 Å². The van der Waals surface area contributed by atoms with E-state index in [2.05, 4.69) is 26.5 Å². The first-order chi connectivity index (χ1) is 12.7. The zero-order chi connectivity index (χ0) is 17.9. The first kappa shape index (κ1) is 16.6. The number of aromatic nitrogens is 2. The zero-order valence-corrected chi connectivity index (χ0v) is 14.9. The molecule has 1 saturated heterocycles. The van der Waals surface area contributed by atoms with Crippen molar-refractivity contribution in [1.82, 2.24) is 15.1 Å². The summed E-state index contributed by atoms with van der Waals surface area (Å²) in [6.45, 7) is 2.85. The summed E-state index contributed by atoms with van der Waals surface area (Å²) in [6, 6.07) is 9.47. The molecule has 0 saturated carbocycles. The Morgan fingerprint density at radius 1 is 1.12 bits per heavy atom. The summed E-state index contributed by atoms with van der Waals surface area (Å²) in [5, 5.41) is 11.7. The molecule has 1 aliphatic heterocycles. The van der Waals surface area contributed by atoms with Gasteiger partial charge in [0.05, 0.1) is 12.8 Å². The highest BCUT2D eigenvalue weighted by atomic mass is 16.5. The number of carbonyl (C=O) groups excluding carboxylic acids is 1. The number of nitrogens with zero attached hydrogens (tertiary/aromatic N) is 4. The van der Waals surface area contributed by atoms with Crippen LogP contribution in [0.2, 0.25) is 0 Å². The van der Waals surface area contributed by atoms with Gasteiger partial charge in [0.2, 0.25) is 0 Å². The number of hydrogen-bond donors (Lipinski definition) is 1. The highest BCUT2D eigenvalue weighted by Gasteiger charge is 2.23. The number of methoxy groups -OCH3 is 1. The topological polar surface area (TPSA) is 70.6 Å². The van der Waals surface area contributed by atoms with Crippen molar-refractivity contribution < 1.29 is 9.53 Å². The molecular weight excluding hydrogens is 330 g/mol. The fourth-order valence-electron chi connectivity index (χ4n) is 3.51. The lowest BCUT2D eigenvalue weighted by molar-refractivity contribution is 0.208. The van der Waals surface area contributed by atoms with Crippen LogP contribution in [0.25, 0.3) is 0 Å². The predicted octanol–water partition coefficient (Wildman–Crippen LogP) is 2.33. The number of amides is 2. The number of benzene rings is 1. The number of anilines is 2. The van der Waals surface area contributed by atoms with E-state index in [1.54, 1.807) is 7.11 Å². The minimum Gasteiger partial charge on any atom is -0.497 e. The van der Waals surface area contributed by atoms with Crippen molar-refractivity contribution in [3.63, 3.8) is 0 Å². The number of nitrogens with one attached hydrogen (secondary N) is 1. The van der Waals surface area contributed by atoms with Crippen LogP contribution in [0.15, 0.2) is 30.3 Å². The molecule has 7 nitrogen and oxygen atoms in total. The third kappa shape index (κ3) is 3.42. The fourth-order valence-corrected chi connectivity index (χ4v) is 3.51. The zero-order valence-electron chi connectivity index (χ0n) is 14.9. The maximum atomic E-state index is 12.5. The third-order valence-electron chi connectivity index (χ3n) is 5.02. The molecule has 1 N–H and O–H groups in total. The van der Waals surface area contributed by atoms with E-state index in [4.69, 9.17) is 4.74 Å². The predicted molar refractivity (Wildman–Crippen MR) is 99.9 cm³/mol. The van der Waals surface area contributed by atoms with Crippen molar-refractivity contribution in [2.75, 3.05) is 43.5 Å². The number of fused-ring (bicyclic) bond motifs is 1. The number of aryl methyl sites for hydroxylation is 2. The molecule has 0 atom stereocenters. The van der Waals surface area contributed by atoms with Gasteiger partial charge in [-0.25, -0.2) is 4.79 Å². The summed E-state index contributed by atoms with van der Waals surface area (Å²) in [6.07, 6.45) is 3.31. The Labute approximate surface area is 153 Å². The molecule has 2 aromatic rings. The second kappa shape index (κ2) is 7.19. The van der Waals surface area contributed by atoms with Gasteiger partial charge in [-0.3, -0.25) is 0 Å². The summed E-state index contributed by atoms with van der Waals surface area (Å²) in [5.41, 5.74) is 3.21. The van der Waals surface area contributed by atoms with E-state index in [0.717, 1.165) is 48.9 Å². The lowest BCUT2D eigenvalue weighted by atomic mass is 10.2. The van der Waals surface area contributed by atoms with Crippen LogP contribution in [0.3, 0.4) is 0 Å². The first-order valence-corrected chi connectivity index (χ1v) is 9.03. The van der Waals surface area contributed by atoms with Gasteiger partial charge in [-0.05, 0) is 43.0 Å². The molecule has 26 heavy (non-hydrogen) atoms. The van der Waals surface area contributed by atoms with Gasteiger partial charge in [-0.1, -0.05) is 6.07 Å². The van der Waals surface area contributed by atoms with Gasteiger partial charge in [0.15, 0.2) is 5.82 Å². The SMILES string of the molecule is COc1cccc(NC(=O)N2CCN(c3cc4c(nn3)CCC4)CC2)c1. The van der Waals surface area contributed by atoms with E-state index < -0.39 is 0 Å². The monoisotopic (exact) mass is 353 g/mol. The van der Waals surface area contributed by atoms with Crippen molar-refractivity contribution in [3.8, 4) is 5.75 Å². The Morgan fingerprint density at radius 2 is 1.96 bits per heavy atom. The lowest BCUT2D eigenvalue weighted by Gasteiger charge is -2.35. The van der Waals surface area contributed by atoms with E-state index in [1.807, 2.05) is 29.2 Å². The van der Waals surface area contributed by atoms with Crippen LogP contribution in [-0.2, 0) is 12.8 Å². The summed E-state index contributed by atoms with van der Waals surface area (Å²) in [7, 11) is 1.61. The van der Waals surface area contributed by atoms with E-state index in [9.17, 15) is 4.79 Å². The Morgan fingerprint density at radius 3 is 2.77 bits per heavy atom. The van der Waals surface area contributed by atoms with Gasteiger partial charge in [0.1, 0.15) is 5.75 Å². The Balaban J connectivity index is 1.35. The van der Waals surface area contributed by atoms with Crippen LogP contribution in [0.4, 0.5) is 16.3 Å². The van der Waals surface area contributed by atoms with Gasteiger partial charge in [-0.15, -0.1) is 5.10 Å². The molecule has 0 radical (unpaired) electrons. The average molecular weight is 353 g/mol. The van der Waals surface area contributed by atoms with Gasteiger partial charge >= 0.3 is 6.03 Å². The maximum Gasteiger partial charge on any atom is 0.321 e. The largest absolute Gasteiger partial charge is 0.497 e. The minimum absolute atomic E-state index is 0.0852. The highest BCUT2D eigenvalue weighted by molar-refractivity contribution is 5.89.